The standard InChI is InChI=1S/C29H32N2O5/c1-30(19-5-3-2-4-6-19)25(33)24-28(34)11-12-29(36-24)21-15-18-9-10-20(32)23-22(18)27(29,26(28)35-23)13-14-31(21)16-17-7-8-17/h2-6,9-10,17,21,24,26,32,34H,7-8,11-16H2,1H3. The minimum Gasteiger partial charge on any atom is -0.504 e. The van der Waals surface area contributed by atoms with Gasteiger partial charge in [-0.25, -0.2) is 0 Å². The number of fused-ring (bicyclic) bond motifs is 2. The molecule has 7 heteroatoms. The summed E-state index contributed by atoms with van der Waals surface area (Å²) in [5.41, 5.74) is 0.289. The first-order valence-corrected chi connectivity index (χ1v) is 13.4. The molecule has 36 heavy (non-hydrogen) atoms. The summed E-state index contributed by atoms with van der Waals surface area (Å²) in [6.07, 6.45) is 3.63. The quantitative estimate of drug-likeness (QED) is 0.689. The summed E-state index contributed by atoms with van der Waals surface area (Å²) >= 11 is 0. The van der Waals surface area contributed by atoms with Crippen LogP contribution < -0.4 is 9.64 Å². The molecule has 3 saturated heterocycles. The van der Waals surface area contributed by atoms with Gasteiger partial charge in [0.25, 0.3) is 5.91 Å². The lowest BCUT2D eigenvalue weighted by molar-refractivity contribution is -0.344. The number of phenolic OH excluding ortho intramolecular Hbond substituents is 1. The summed E-state index contributed by atoms with van der Waals surface area (Å²) in [6, 6.07) is 13.4. The second-order valence-corrected chi connectivity index (χ2v) is 11.9. The van der Waals surface area contributed by atoms with Crippen LogP contribution in [0.15, 0.2) is 42.5 Å². The lowest BCUT2D eigenvalue weighted by atomic mass is 9.44. The topological polar surface area (TPSA) is 82.5 Å². The number of ether oxygens (including phenoxy) is 2. The molecule has 2 spiro atoms. The molecule has 2 N–H and O–H groups in total. The molecule has 5 fully saturated rings. The van der Waals surface area contributed by atoms with E-state index in [4.69, 9.17) is 9.47 Å². The van der Waals surface area contributed by atoms with Crippen molar-refractivity contribution < 1.29 is 24.5 Å². The number of hydrogen-bond acceptors (Lipinski definition) is 6. The monoisotopic (exact) mass is 488 g/mol. The van der Waals surface area contributed by atoms with Gasteiger partial charge in [0, 0.05) is 30.9 Å². The number of rotatable bonds is 4. The fourth-order valence-electron chi connectivity index (χ4n) is 8.54. The number of likely N-dealkylation sites (N-methyl/N-ethyl adjacent to an activating group) is 1. The molecule has 7 aliphatic rings. The highest BCUT2D eigenvalue weighted by molar-refractivity contribution is 5.97. The third-order valence-electron chi connectivity index (χ3n) is 10.3. The summed E-state index contributed by atoms with van der Waals surface area (Å²) in [6.45, 7) is 1.98. The van der Waals surface area contributed by atoms with Crippen LogP contribution >= 0.6 is 0 Å². The van der Waals surface area contributed by atoms with Crippen LogP contribution in [0.3, 0.4) is 0 Å². The summed E-state index contributed by atoms with van der Waals surface area (Å²) < 4.78 is 13.6. The van der Waals surface area contributed by atoms with Crippen molar-refractivity contribution in [1.29, 1.82) is 0 Å². The van der Waals surface area contributed by atoms with E-state index in [1.54, 1.807) is 18.0 Å². The zero-order valence-electron chi connectivity index (χ0n) is 20.5. The summed E-state index contributed by atoms with van der Waals surface area (Å²) in [7, 11) is 1.75. The van der Waals surface area contributed by atoms with Crippen molar-refractivity contribution >= 4 is 11.6 Å². The van der Waals surface area contributed by atoms with Crippen LogP contribution in [0.4, 0.5) is 5.69 Å². The first-order chi connectivity index (χ1) is 17.4. The zero-order chi connectivity index (χ0) is 24.4. The number of carbonyl (C=O) groups is 1. The molecule has 4 aliphatic heterocycles. The van der Waals surface area contributed by atoms with Crippen LogP contribution in [0, 0.1) is 5.92 Å². The molecular formula is C29H32N2O5. The van der Waals surface area contributed by atoms with Gasteiger partial charge in [-0.15, -0.1) is 0 Å². The average molecular weight is 489 g/mol. The smallest absolute Gasteiger partial charge is 0.259 e. The van der Waals surface area contributed by atoms with Crippen molar-refractivity contribution in [3.05, 3.63) is 53.6 Å². The van der Waals surface area contributed by atoms with Crippen LogP contribution in [0.5, 0.6) is 11.5 Å². The number of para-hydroxylation sites is 1. The highest BCUT2D eigenvalue weighted by Gasteiger charge is 2.82. The van der Waals surface area contributed by atoms with Crippen LogP contribution in [-0.4, -0.2) is 70.6 Å². The third-order valence-corrected chi connectivity index (χ3v) is 10.3. The molecule has 2 aromatic rings. The Morgan fingerprint density at radius 3 is 2.72 bits per heavy atom. The molecular weight excluding hydrogens is 456 g/mol. The Labute approximate surface area is 210 Å². The molecule has 2 aromatic carbocycles. The molecule has 2 saturated carbocycles. The number of phenols is 1. The molecule has 3 aliphatic carbocycles. The first-order valence-electron chi connectivity index (χ1n) is 13.4. The Morgan fingerprint density at radius 2 is 1.94 bits per heavy atom. The largest absolute Gasteiger partial charge is 0.504 e. The van der Waals surface area contributed by atoms with Gasteiger partial charge in [-0.1, -0.05) is 24.3 Å². The predicted molar refractivity (Wildman–Crippen MR) is 132 cm³/mol. The highest BCUT2D eigenvalue weighted by Crippen LogP contribution is 2.71. The Morgan fingerprint density at radius 1 is 1.14 bits per heavy atom. The molecule has 0 aromatic heterocycles. The second kappa shape index (κ2) is 6.82. The number of nitrogens with zero attached hydrogens (tertiary/aromatic N) is 2. The van der Waals surface area contributed by atoms with E-state index in [1.807, 2.05) is 36.4 Å². The molecule has 1 amide bonds. The number of piperidine rings is 1. The summed E-state index contributed by atoms with van der Waals surface area (Å²) in [5.74, 6) is 1.09. The van der Waals surface area contributed by atoms with E-state index in [9.17, 15) is 15.0 Å². The highest BCUT2D eigenvalue weighted by atomic mass is 16.6. The number of carbonyl (C=O) groups excluding carboxylic acids is 1. The van der Waals surface area contributed by atoms with Gasteiger partial charge in [-0.2, -0.15) is 0 Å². The predicted octanol–water partition coefficient (Wildman–Crippen LogP) is 2.76. The van der Waals surface area contributed by atoms with Crippen LogP contribution in [0.25, 0.3) is 0 Å². The number of amides is 1. The lowest BCUT2D eigenvalue weighted by Gasteiger charge is -2.72. The van der Waals surface area contributed by atoms with Gasteiger partial charge < -0.3 is 24.6 Å². The van der Waals surface area contributed by atoms with Gasteiger partial charge in [0.2, 0.25) is 0 Å². The Balaban J connectivity index is 1.29. The maximum atomic E-state index is 14.0. The van der Waals surface area contributed by atoms with Crippen molar-refractivity contribution in [3.63, 3.8) is 0 Å². The molecule has 4 heterocycles. The van der Waals surface area contributed by atoms with E-state index in [0.29, 0.717) is 18.6 Å². The fraction of sp³-hybridized carbons (Fsp3) is 0.552. The molecule has 6 atom stereocenters. The number of aliphatic hydroxyl groups is 1. The van der Waals surface area contributed by atoms with Gasteiger partial charge in [0.15, 0.2) is 17.6 Å². The van der Waals surface area contributed by atoms with E-state index in [0.717, 1.165) is 43.1 Å². The van der Waals surface area contributed by atoms with Crippen LogP contribution in [0.2, 0.25) is 0 Å². The maximum Gasteiger partial charge on any atom is 0.259 e. The van der Waals surface area contributed by atoms with Gasteiger partial charge in [-0.3, -0.25) is 9.69 Å². The Hall–Kier alpha value is -2.61. The number of hydrogen-bond donors (Lipinski definition) is 2. The minimum absolute atomic E-state index is 0.110. The molecule has 188 valence electrons. The Bertz CT molecular complexity index is 1280. The van der Waals surface area contributed by atoms with Crippen molar-refractivity contribution in [2.75, 3.05) is 25.0 Å². The molecule has 0 radical (unpaired) electrons. The van der Waals surface area contributed by atoms with Crippen LogP contribution in [0.1, 0.15) is 43.2 Å². The normalized spacial score (nSPS) is 39.4. The minimum atomic E-state index is -1.48. The Kier molecular flexibility index (Phi) is 4.07. The maximum absolute atomic E-state index is 14.0. The first kappa shape index (κ1) is 21.5. The van der Waals surface area contributed by atoms with Crippen molar-refractivity contribution in [2.45, 2.75) is 73.4 Å². The zero-order valence-corrected chi connectivity index (χ0v) is 20.5. The van der Waals surface area contributed by atoms with E-state index in [1.165, 1.54) is 18.4 Å². The van der Waals surface area contributed by atoms with E-state index in [-0.39, 0.29) is 17.7 Å². The van der Waals surface area contributed by atoms with Gasteiger partial charge in [0.05, 0.1) is 11.0 Å². The fourth-order valence-corrected chi connectivity index (χ4v) is 8.54. The molecule has 9 rings (SSSR count). The molecule has 6 unspecified atom stereocenters. The van der Waals surface area contributed by atoms with Crippen LogP contribution in [-0.2, 0) is 21.4 Å². The van der Waals surface area contributed by atoms with Gasteiger partial charge in [-0.05, 0) is 74.8 Å². The van der Waals surface area contributed by atoms with Gasteiger partial charge >= 0.3 is 0 Å². The van der Waals surface area contributed by atoms with Crippen molar-refractivity contribution in [3.8, 4) is 11.5 Å². The van der Waals surface area contributed by atoms with E-state index >= 15 is 0 Å². The van der Waals surface area contributed by atoms with Crippen molar-refractivity contribution in [2.24, 2.45) is 5.92 Å². The third kappa shape index (κ3) is 2.38. The molecule has 7 nitrogen and oxygen atoms in total. The molecule has 4 bridgehead atoms. The van der Waals surface area contributed by atoms with E-state index < -0.39 is 28.8 Å². The number of likely N-dealkylation sites (tertiary alicyclic amines) is 1. The SMILES string of the molecule is CN(C(=O)C1OC23CCC1(O)C1Oc4c(O)ccc5c4C12CCN(CC1CC1)C3C5)c1ccccc1. The number of benzene rings is 2. The van der Waals surface area contributed by atoms with Crippen molar-refractivity contribution in [1.82, 2.24) is 4.90 Å². The van der Waals surface area contributed by atoms with E-state index in [2.05, 4.69) is 4.90 Å². The lowest BCUT2D eigenvalue weighted by Crippen LogP contribution is -2.87. The number of aromatic hydroxyl groups is 1. The summed E-state index contributed by atoms with van der Waals surface area (Å²) in [5, 5.41) is 23.2. The average Bonchev–Trinajstić information content (AvgIpc) is 3.63. The summed E-state index contributed by atoms with van der Waals surface area (Å²) in [4.78, 5) is 18.2. The second-order valence-electron chi connectivity index (χ2n) is 11.9. The number of anilines is 1. The van der Waals surface area contributed by atoms with Gasteiger partial charge in [0.1, 0.15) is 11.7 Å².